The summed E-state index contributed by atoms with van der Waals surface area (Å²) in [5.74, 6) is -6.60. The Balaban J connectivity index is -0.00000420. The number of carboxylic acid groups (broad SMARTS) is 2. The first-order chi connectivity index (χ1) is 14.1. The Hall–Kier alpha value is -3.26. The number of hydrogen-bond donors (Lipinski definition) is 4. The van der Waals surface area contributed by atoms with Crippen molar-refractivity contribution in [1.29, 1.82) is 0 Å². The molecule has 186 valence electrons. The molecule has 0 radical (unpaired) electrons. The third kappa shape index (κ3) is 14.7. The molecule has 0 saturated heterocycles. The Bertz CT molecular complexity index is 583. The minimum Gasteiger partial charge on any atom is -0.478 e. The van der Waals surface area contributed by atoms with E-state index in [1.54, 1.807) is 0 Å². The standard InChI is InChI=1S/C18H26O12.2H3N/c1-27-11(19)7-3-5-9-13(21)29-15(17(23)24)16(18(25)26)30-14(22)10-6-4-8-12(20)28-2;;/h15-16H,3-10H2,1-2H3,(H,23,24)(H,25,26);2*1H3. The molecule has 0 amide bonds. The third-order valence-electron chi connectivity index (χ3n) is 3.76. The van der Waals surface area contributed by atoms with Crippen molar-refractivity contribution in [1.82, 2.24) is 12.3 Å². The molecule has 0 aromatic heterocycles. The predicted octanol–water partition coefficient (Wildman–Crippen LogP) is 0.770. The summed E-state index contributed by atoms with van der Waals surface area (Å²) in [5, 5.41) is 18.4. The van der Waals surface area contributed by atoms with Crippen molar-refractivity contribution in [2.45, 2.75) is 63.6 Å². The summed E-state index contributed by atoms with van der Waals surface area (Å²) in [6.45, 7) is 0. The zero-order valence-corrected chi connectivity index (χ0v) is 18.2. The van der Waals surface area contributed by atoms with Gasteiger partial charge in [0.2, 0.25) is 12.2 Å². The number of hydrogen-bond acceptors (Lipinski definition) is 12. The lowest BCUT2D eigenvalue weighted by atomic mass is 10.1. The van der Waals surface area contributed by atoms with E-state index in [2.05, 4.69) is 18.9 Å². The Morgan fingerprint density at radius 1 is 0.562 bits per heavy atom. The highest BCUT2D eigenvalue weighted by atomic mass is 16.6. The van der Waals surface area contributed by atoms with E-state index in [4.69, 9.17) is 0 Å². The molecule has 0 aliphatic rings. The molecular formula is C18H32N2O12. The van der Waals surface area contributed by atoms with Gasteiger partial charge in [-0.05, 0) is 25.7 Å². The van der Waals surface area contributed by atoms with Gasteiger partial charge in [0.15, 0.2) is 0 Å². The van der Waals surface area contributed by atoms with Crippen LogP contribution in [0.25, 0.3) is 0 Å². The highest BCUT2D eigenvalue weighted by Crippen LogP contribution is 2.12. The predicted molar refractivity (Wildman–Crippen MR) is 106 cm³/mol. The number of ether oxygens (including phenoxy) is 4. The second-order valence-corrected chi connectivity index (χ2v) is 6.06. The maximum Gasteiger partial charge on any atom is 0.349 e. The van der Waals surface area contributed by atoms with Gasteiger partial charge in [-0.2, -0.15) is 0 Å². The molecule has 32 heavy (non-hydrogen) atoms. The van der Waals surface area contributed by atoms with Crippen molar-refractivity contribution in [3.8, 4) is 0 Å². The van der Waals surface area contributed by atoms with Crippen LogP contribution in [0.4, 0.5) is 0 Å². The molecule has 0 spiro atoms. The van der Waals surface area contributed by atoms with Gasteiger partial charge in [0, 0.05) is 25.7 Å². The number of unbranched alkanes of at least 4 members (excludes halogenated alkanes) is 2. The molecule has 2 atom stereocenters. The topological polar surface area (TPSA) is 250 Å². The molecule has 0 saturated carbocycles. The van der Waals surface area contributed by atoms with Crippen molar-refractivity contribution in [3.63, 3.8) is 0 Å². The molecule has 14 heteroatoms. The van der Waals surface area contributed by atoms with E-state index in [1.807, 2.05) is 0 Å². The van der Waals surface area contributed by atoms with Crippen molar-refractivity contribution >= 4 is 35.8 Å². The zero-order valence-electron chi connectivity index (χ0n) is 18.2. The lowest BCUT2D eigenvalue weighted by Crippen LogP contribution is -2.45. The maximum atomic E-state index is 11.8. The summed E-state index contributed by atoms with van der Waals surface area (Å²) in [6.07, 6.45) is -4.00. The summed E-state index contributed by atoms with van der Waals surface area (Å²) in [6, 6.07) is 0. The van der Waals surface area contributed by atoms with E-state index in [9.17, 15) is 39.0 Å². The summed E-state index contributed by atoms with van der Waals surface area (Å²) in [4.78, 5) is 68.3. The number of carbonyl (C=O) groups excluding carboxylic acids is 4. The zero-order chi connectivity index (χ0) is 23.1. The molecular weight excluding hydrogens is 436 g/mol. The lowest BCUT2D eigenvalue weighted by molar-refractivity contribution is -0.187. The van der Waals surface area contributed by atoms with Crippen LogP contribution in [0, 0.1) is 0 Å². The quantitative estimate of drug-likeness (QED) is 0.147. The van der Waals surface area contributed by atoms with E-state index < -0.39 is 48.0 Å². The molecule has 0 bridgehead atoms. The van der Waals surface area contributed by atoms with Gasteiger partial charge in [0.1, 0.15) is 0 Å². The van der Waals surface area contributed by atoms with Crippen LogP contribution in [0.5, 0.6) is 0 Å². The number of methoxy groups -OCH3 is 2. The number of carbonyl (C=O) groups is 6. The number of rotatable bonds is 15. The van der Waals surface area contributed by atoms with E-state index in [0.717, 1.165) is 0 Å². The number of carboxylic acids is 2. The average Bonchev–Trinajstić information content (AvgIpc) is 2.70. The minimum atomic E-state index is -2.24. The fourth-order valence-electron chi connectivity index (χ4n) is 2.17. The van der Waals surface area contributed by atoms with Gasteiger partial charge in [0.25, 0.3) is 0 Å². The molecule has 2 unspecified atom stereocenters. The van der Waals surface area contributed by atoms with Crippen LogP contribution in [0.3, 0.4) is 0 Å². The normalized spacial score (nSPS) is 11.4. The molecule has 0 aliphatic heterocycles. The monoisotopic (exact) mass is 468 g/mol. The second kappa shape index (κ2) is 18.5. The van der Waals surface area contributed by atoms with Gasteiger partial charge >= 0.3 is 35.8 Å². The van der Waals surface area contributed by atoms with E-state index in [-0.39, 0.29) is 63.7 Å². The van der Waals surface area contributed by atoms with Gasteiger partial charge in [0.05, 0.1) is 14.2 Å². The van der Waals surface area contributed by atoms with Crippen LogP contribution in [0.15, 0.2) is 0 Å². The van der Waals surface area contributed by atoms with Crippen molar-refractivity contribution in [3.05, 3.63) is 0 Å². The Kier molecular flexibility index (Phi) is 19.3. The van der Waals surface area contributed by atoms with Crippen molar-refractivity contribution in [2.75, 3.05) is 14.2 Å². The second-order valence-electron chi connectivity index (χ2n) is 6.06. The molecule has 0 aromatic carbocycles. The van der Waals surface area contributed by atoms with Crippen LogP contribution in [0.2, 0.25) is 0 Å². The van der Waals surface area contributed by atoms with Gasteiger partial charge in [-0.1, -0.05) is 0 Å². The first-order valence-corrected chi connectivity index (χ1v) is 9.10. The van der Waals surface area contributed by atoms with Crippen LogP contribution >= 0.6 is 0 Å². The first-order valence-electron chi connectivity index (χ1n) is 9.10. The minimum absolute atomic E-state index is 0. The molecule has 0 fully saturated rings. The highest BCUT2D eigenvalue weighted by Gasteiger charge is 2.40. The smallest absolute Gasteiger partial charge is 0.349 e. The van der Waals surface area contributed by atoms with Crippen LogP contribution in [-0.4, -0.2) is 72.5 Å². The molecule has 8 N–H and O–H groups in total. The van der Waals surface area contributed by atoms with Crippen LogP contribution in [0.1, 0.15) is 51.4 Å². The lowest BCUT2D eigenvalue weighted by Gasteiger charge is -2.21. The Labute approximate surface area is 184 Å². The van der Waals surface area contributed by atoms with Gasteiger partial charge in [-0.15, -0.1) is 0 Å². The largest absolute Gasteiger partial charge is 0.478 e. The van der Waals surface area contributed by atoms with Gasteiger partial charge in [-0.25, -0.2) is 9.59 Å². The third-order valence-corrected chi connectivity index (χ3v) is 3.76. The number of esters is 4. The molecule has 0 heterocycles. The molecule has 0 aromatic rings. The SMILES string of the molecule is COC(=O)CCCCC(=O)OC(C(=O)O)C(OC(=O)CCCCC(=O)OC)C(=O)O.N.N. The highest BCUT2D eigenvalue weighted by molar-refractivity contribution is 5.87. The number of aliphatic carboxylic acids is 2. The van der Waals surface area contributed by atoms with Gasteiger partial charge in [-0.3, -0.25) is 19.2 Å². The van der Waals surface area contributed by atoms with Crippen molar-refractivity contribution < 1.29 is 57.9 Å². The first kappa shape index (κ1) is 33.4. The van der Waals surface area contributed by atoms with Crippen LogP contribution in [-0.2, 0) is 47.7 Å². The maximum absolute atomic E-state index is 11.8. The van der Waals surface area contributed by atoms with E-state index >= 15 is 0 Å². The summed E-state index contributed by atoms with van der Waals surface area (Å²) in [7, 11) is 2.42. The Morgan fingerprint density at radius 3 is 1.03 bits per heavy atom. The molecule has 0 rings (SSSR count). The van der Waals surface area contributed by atoms with Gasteiger partial charge < -0.3 is 41.5 Å². The molecule has 0 aliphatic carbocycles. The Morgan fingerprint density at radius 2 is 0.812 bits per heavy atom. The van der Waals surface area contributed by atoms with E-state index in [0.29, 0.717) is 0 Å². The summed E-state index contributed by atoms with van der Waals surface area (Å²) < 4.78 is 18.2. The van der Waals surface area contributed by atoms with E-state index in [1.165, 1.54) is 14.2 Å². The fourth-order valence-corrected chi connectivity index (χ4v) is 2.17. The van der Waals surface area contributed by atoms with Crippen molar-refractivity contribution in [2.24, 2.45) is 0 Å². The molecule has 14 nitrogen and oxygen atoms in total. The fraction of sp³-hybridized carbons (Fsp3) is 0.667. The summed E-state index contributed by atoms with van der Waals surface area (Å²) >= 11 is 0. The van der Waals surface area contributed by atoms with Crippen LogP contribution < -0.4 is 12.3 Å². The average molecular weight is 468 g/mol. The summed E-state index contributed by atoms with van der Waals surface area (Å²) in [5.41, 5.74) is 0.